The zero-order valence-corrected chi connectivity index (χ0v) is 6.90. The minimum atomic E-state index is -0.868. The van der Waals surface area contributed by atoms with Crippen LogP contribution >= 0.6 is 0 Å². The van der Waals surface area contributed by atoms with Crippen LogP contribution in [0.3, 0.4) is 0 Å². The van der Waals surface area contributed by atoms with Crippen LogP contribution in [0.15, 0.2) is 12.1 Å². The Balaban J connectivity index is 3.28. The maximum Gasteiger partial charge on any atom is 0.190 e. The van der Waals surface area contributed by atoms with E-state index in [0.29, 0.717) is 0 Å². The molecule has 3 N–H and O–H groups in total. The first kappa shape index (κ1) is 9.44. The Labute approximate surface area is 73.6 Å². The Morgan fingerprint density at radius 1 is 1.38 bits per heavy atom. The number of amidine groups is 1. The van der Waals surface area contributed by atoms with Crippen molar-refractivity contribution in [3.8, 4) is 5.75 Å². The van der Waals surface area contributed by atoms with E-state index in [9.17, 15) is 8.78 Å². The van der Waals surface area contributed by atoms with Gasteiger partial charge in [0.15, 0.2) is 17.4 Å². The molecule has 0 aliphatic rings. The summed E-state index contributed by atoms with van der Waals surface area (Å²) in [5.41, 5.74) is 5.05. The highest BCUT2D eigenvalue weighted by Crippen LogP contribution is 2.22. The molecule has 0 spiro atoms. The largest absolute Gasteiger partial charge is 0.491 e. The molecule has 0 bridgehead atoms. The molecule has 1 aromatic carbocycles. The van der Waals surface area contributed by atoms with Crippen LogP contribution in [0.2, 0.25) is 0 Å². The Morgan fingerprint density at radius 3 is 2.15 bits per heavy atom. The smallest absolute Gasteiger partial charge is 0.190 e. The molecule has 0 atom stereocenters. The van der Waals surface area contributed by atoms with E-state index in [1.807, 2.05) is 0 Å². The highest BCUT2D eigenvalue weighted by atomic mass is 19.1. The number of ether oxygens (including phenoxy) is 1. The van der Waals surface area contributed by atoms with Crippen LogP contribution in [0.25, 0.3) is 0 Å². The van der Waals surface area contributed by atoms with Gasteiger partial charge in [-0.05, 0) is 12.1 Å². The molecule has 0 unspecified atom stereocenters. The summed E-state index contributed by atoms with van der Waals surface area (Å²) in [6.07, 6.45) is 0. The second-order valence-electron chi connectivity index (χ2n) is 2.39. The molecule has 0 amide bonds. The second-order valence-corrected chi connectivity index (χ2v) is 2.39. The standard InChI is InChI=1S/C8H8F2N2O/c1-13-7-5(9)2-4(8(11)12)3-6(7)10/h2-3H,1H3,(H3,11,12). The summed E-state index contributed by atoms with van der Waals surface area (Å²) in [5.74, 6) is -2.59. The number of halogens is 2. The first-order valence-corrected chi connectivity index (χ1v) is 3.43. The first-order valence-electron chi connectivity index (χ1n) is 3.43. The summed E-state index contributed by atoms with van der Waals surface area (Å²) >= 11 is 0. The van der Waals surface area contributed by atoms with Crippen LogP contribution in [0, 0.1) is 17.0 Å². The minimum Gasteiger partial charge on any atom is -0.491 e. The lowest BCUT2D eigenvalue weighted by molar-refractivity contribution is 0.360. The fourth-order valence-corrected chi connectivity index (χ4v) is 0.910. The van der Waals surface area contributed by atoms with Crippen molar-refractivity contribution in [3.63, 3.8) is 0 Å². The Kier molecular flexibility index (Phi) is 2.46. The molecule has 3 nitrogen and oxygen atoms in total. The van der Waals surface area contributed by atoms with E-state index in [-0.39, 0.29) is 11.4 Å². The maximum atomic E-state index is 13.0. The highest BCUT2D eigenvalue weighted by molar-refractivity contribution is 5.95. The van der Waals surface area contributed by atoms with E-state index in [1.165, 1.54) is 0 Å². The average Bonchev–Trinajstić information content (AvgIpc) is 2.03. The Morgan fingerprint density at radius 2 is 1.85 bits per heavy atom. The van der Waals surface area contributed by atoms with Gasteiger partial charge in [0.05, 0.1) is 7.11 Å². The van der Waals surface area contributed by atoms with Crippen molar-refractivity contribution < 1.29 is 13.5 Å². The van der Waals surface area contributed by atoms with Crippen molar-refractivity contribution in [2.24, 2.45) is 5.73 Å². The quantitative estimate of drug-likeness (QED) is 0.539. The van der Waals surface area contributed by atoms with Crippen LogP contribution < -0.4 is 10.5 Å². The molecule has 1 aromatic rings. The zero-order chi connectivity index (χ0) is 10.0. The average molecular weight is 186 g/mol. The fourth-order valence-electron chi connectivity index (χ4n) is 0.910. The molecule has 0 aromatic heterocycles. The third-order valence-electron chi connectivity index (χ3n) is 1.51. The number of benzene rings is 1. The van der Waals surface area contributed by atoms with E-state index in [1.54, 1.807) is 0 Å². The summed E-state index contributed by atoms with van der Waals surface area (Å²) in [6, 6.07) is 1.90. The lowest BCUT2D eigenvalue weighted by atomic mass is 10.2. The molecule has 0 fully saturated rings. The summed E-state index contributed by atoms with van der Waals surface area (Å²) in [5, 5.41) is 6.96. The van der Waals surface area contributed by atoms with Crippen LogP contribution in [0.4, 0.5) is 8.78 Å². The van der Waals surface area contributed by atoms with Crippen LogP contribution in [-0.4, -0.2) is 12.9 Å². The molecule has 70 valence electrons. The number of nitrogen functional groups attached to an aromatic ring is 1. The maximum absolute atomic E-state index is 13.0. The van der Waals surface area contributed by atoms with Crippen molar-refractivity contribution in [1.82, 2.24) is 0 Å². The van der Waals surface area contributed by atoms with Gasteiger partial charge < -0.3 is 10.5 Å². The van der Waals surface area contributed by atoms with Gasteiger partial charge in [0, 0.05) is 5.56 Å². The Hall–Kier alpha value is -1.65. The van der Waals surface area contributed by atoms with Crippen LogP contribution in [0.5, 0.6) is 5.75 Å². The van der Waals surface area contributed by atoms with Gasteiger partial charge in [-0.3, -0.25) is 5.41 Å². The van der Waals surface area contributed by atoms with E-state index in [2.05, 4.69) is 4.74 Å². The van der Waals surface area contributed by atoms with Gasteiger partial charge in [-0.1, -0.05) is 0 Å². The van der Waals surface area contributed by atoms with Crippen LogP contribution in [-0.2, 0) is 0 Å². The van der Waals surface area contributed by atoms with Crippen molar-refractivity contribution in [2.75, 3.05) is 7.11 Å². The molecule has 0 radical (unpaired) electrons. The first-order chi connectivity index (χ1) is 6.06. The van der Waals surface area contributed by atoms with E-state index >= 15 is 0 Å². The molecule has 13 heavy (non-hydrogen) atoms. The lowest BCUT2D eigenvalue weighted by Gasteiger charge is -2.05. The monoisotopic (exact) mass is 186 g/mol. The number of hydrogen-bond acceptors (Lipinski definition) is 2. The van der Waals surface area contributed by atoms with Crippen molar-refractivity contribution in [2.45, 2.75) is 0 Å². The van der Waals surface area contributed by atoms with E-state index < -0.39 is 17.4 Å². The van der Waals surface area contributed by atoms with Gasteiger partial charge in [0.25, 0.3) is 0 Å². The predicted octanol–water partition coefficient (Wildman–Crippen LogP) is 1.26. The topological polar surface area (TPSA) is 59.1 Å². The molecule has 1 rings (SSSR count). The van der Waals surface area contributed by atoms with Crippen LogP contribution in [0.1, 0.15) is 5.56 Å². The zero-order valence-electron chi connectivity index (χ0n) is 6.90. The summed E-state index contributed by atoms with van der Waals surface area (Å²) in [7, 11) is 1.16. The van der Waals surface area contributed by atoms with E-state index in [0.717, 1.165) is 19.2 Å². The third kappa shape index (κ3) is 1.74. The predicted molar refractivity (Wildman–Crippen MR) is 43.9 cm³/mol. The molecule has 0 saturated heterocycles. The number of nitrogens with two attached hydrogens (primary N) is 1. The van der Waals surface area contributed by atoms with Gasteiger partial charge in [0.2, 0.25) is 0 Å². The molecular formula is C8H8F2N2O. The van der Waals surface area contributed by atoms with Crippen molar-refractivity contribution in [1.29, 1.82) is 5.41 Å². The number of nitrogens with one attached hydrogen (secondary N) is 1. The van der Waals surface area contributed by atoms with Crippen molar-refractivity contribution >= 4 is 5.84 Å². The summed E-state index contributed by atoms with van der Waals surface area (Å²) < 4.78 is 30.4. The number of methoxy groups -OCH3 is 1. The Bertz CT molecular complexity index is 329. The van der Waals surface area contributed by atoms with Gasteiger partial charge in [-0.15, -0.1) is 0 Å². The molecule has 0 heterocycles. The van der Waals surface area contributed by atoms with E-state index in [4.69, 9.17) is 11.1 Å². The SMILES string of the molecule is COc1c(F)cc(C(=N)N)cc1F. The molecule has 5 heteroatoms. The lowest BCUT2D eigenvalue weighted by Crippen LogP contribution is -2.12. The molecular weight excluding hydrogens is 178 g/mol. The molecule has 0 saturated carbocycles. The molecule has 0 aliphatic carbocycles. The summed E-state index contributed by atoms with van der Waals surface area (Å²) in [4.78, 5) is 0. The fraction of sp³-hybridized carbons (Fsp3) is 0.125. The van der Waals surface area contributed by atoms with Gasteiger partial charge in [0.1, 0.15) is 5.84 Å². The number of hydrogen-bond donors (Lipinski definition) is 2. The molecule has 0 aliphatic heterocycles. The normalized spacial score (nSPS) is 9.77. The second kappa shape index (κ2) is 3.38. The van der Waals surface area contributed by atoms with Crippen molar-refractivity contribution in [3.05, 3.63) is 29.3 Å². The van der Waals surface area contributed by atoms with Gasteiger partial charge in [-0.25, -0.2) is 8.78 Å². The third-order valence-corrected chi connectivity index (χ3v) is 1.51. The number of rotatable bonds is 2. The highest BCUT2D eigenvalue weighted by Gasteiger charge is 2.12. The van der Waals surface area contributed by atoms with Gasteiger partial charge in [-0.2, -0.15) is 0 Å². The summed E-state index contributed by atoms with van der Waals surface area (Å²) in [6.45, 7) is 0. The minimum absolute atomic E-state index is 0.00389. The van der Waals surface area contributed by atoms with Gasteiger partial charge >= 0.3 is 0 Å².